The number of halogens is 2. The van der Waals surface area contributed by atoms with Gasteiger partial charge in [0.25, 0.3) is 5.91 Å². The van der Waals surface area contributed by atoms with Crippen LogP contribution >= 0.6 is 23.2 Å². The van der Waals surface area contributed by atoms with Crippen molar-refractivity contribution in [3.63, 3.8) is 0 Å². The molecule has 5 heteroatoms. The highest BCUT2D eigenvalue weighted by Crippen LogP contribution is 2.27. The predicted molar refractivity (Wildman–Crippen MR) is 82.0 cm³/mol. The highest BCUT2D eigenvalue weighted by Gasteiger charge is 2.14. The summed E-state index contributed by atoms with van der Waals surface area (Å²) < 4.78 is 0. The van der Waals surface area contributed by atoms with Gasteiger partial charge in [-0.3, -0.25) is 4.79 Å². The molecule has 0 spiro atoms. The lowest BCUT2D eigenvalue weighted by atomic mass is 10.1. The minimum absolute atomic E-state index is 0.116. The molecular weight excluding hydrogens is 297 g/mol. The van der Waals surface area contributed by atoms with Gasteiger partial charge in [-0.05, 0) is 55.3 Å². The van der Waals surface area contributed by atoms with Crippen LogP contribution in [0.3, 0.4) is 0 Å². The first kappa shape index (κ1) is 14.7. The van der Waals surface area contributed by atoms with Crippen LogP contribution in [0.4, 0.5) is 5.69 Å². The molecule has 0 aliphatic carbocycles. The zero-order valence-electron chi connectivity index (χ0n) is 11.0. The van der Waals surface area contributed by atoms with Crippen molar-refractivity contribution in [2.24, 2.45) is 0 Å². The molecule has 1 amide bonds. The van der Waals surface area contributed by atoms with Crippen molar-refractivity contribution in [1.82, 2.24) is 0 Å². The van der Waals surface area contributed by atoms with Gasteiger partial charge in [0, 0.05) is 15.7 Å². The van der Waals surface area contributed by atoms with Crippen molar-refractivity contribution >= 4 is 34.8 Å². The van der Waals surface area contributed by atoms with E-state index in [4.69, 9.17) is 23.2 Å². The van der Waals surface area contributed by atoms with Crippen LogP contribution < -0.4 is 5.32 Å². The fraction of sp³-hybridized carbons (Fsp3) is 0.133. The van der Waals surface area contributed by atoms with Crippen molar-refractivity contribution < 1.29 is 9.90 Å². The maximum Gasteiger partial charge on any atom is 0.259 e. The topological polar surface area (TPSA) is 49.3 Å². The lowest BCUT2D eigenvalue weighted by molar-refractivity contribution is 0.102. The molecule has 2 aromatic carbocycles. The second-order valence-corrected chi connectivity index (χ2v) is 5.30. The number of amides is 1. The molecule has 0 fully saturated rings. The van der Waals surface area contributed by atoms with Crippen LogP contribution in [-0.2, 0) is 0 Å². The molecule has 3 nitrogen and oxygen atoms in total. The number of phenolic OH excluding ortho intramolecular Hbond substituents is 1. The van der Waals surface area contributed by atoms with E-state index in [2.05, 4.69) is 5.32 Å². The summed E-state index contributed by atoms with van der Waals surface area (Å²) in [7, 11) is 0. The van der Waals surface area contributed by atoms with E-state index in [1.54, 1.807) is 12.1 Å². The molecule has 0 atom stereocenters. The van der Waals surface area contributed by atoms with Gasteiger partial charge < -0.3 is 10.4 Å². The Bertz CT molecular complexity index is 684. The van der Waals surface area contributed by atoms with E-state index in [9.17, 15) is 9.90 Å². The van der Waals surface area contributed by atoms with Gasteiger partial charge in [0.05, 0.1) is 5.56 Å². The van der Waals surface area contributed by atoms with Crippen LogP contribution in [-0.4, -0.2) is 11.0 Å². The third kappa shape index (κ3) is 2.89. The smallest absolute Gasteiger partial charge is 0.259 e. The Morgan fingerprint density at radius 3 is 2.50 bits per heavy atom. The van der Waals surface area contributed by atoms with E-state index in [0.717, 1.165) is 11.1 Å². The molecule has 0 saturated carbocycles. The fourth-order valence-electron chi connectivity index (χ4n) is 1.80. The quantitative estimate of drug-likeness (QED) is 0.853. The molecule has 0 aliphatic heterocycles. The molecule has 0 unspecified atom stereocenters. The number of carbonyl (C=O) groups is 1. The van der Waals surface area contributed by atoms with Gasteiger partial charge >= 0.3 is 0 Å². The summed E-state index contributed by atoms with van der Waals surface area (Å²) in [5.74, 6) is -0.537. The molecule has 0 aliphatic rings. The van der Waals surface area contributed by atoms with Gasteiger partial charge in [0.1, 0.15) is 5.75 Å². The summed E-state index contributed by atoms with van der Waals surface area (Å²) >= 11 is 11.8. The van der Waals surface area contributed by atoms with Crippen LogP contribution in [0.25, 0.3) is 0 Å². The van der Waals surface area contributed by atoms with Crippen molar-refractivity contribution in [3.8, 4) is 5.75 Å². The van der Waals surface area contributed by atoms with Gasteiger partial charge in [-0.25, -0.2) is 0 Å². The first-order valence-corrected chi connectivity index (χ1v) is 6.71. The summed E-state index contributed by atoms with van der Waals surface area (Å²) in [5, 5.41) is 13.5. The molecule has 2 N–H and O–H groups in total. The number of aromatic hydroxyl groups is 1. The minimum Gasteiger partial charge on any atom is -0.507 e. The molecule has 0 heterocycles. The number of benzene rings is 2. The Kier molecular flexibility index (Phi) is 4.21. The predicted octanol–water partition coefficient (Wildman–Crippen LogP) is 4.57. The van der Waals surface area contributed by atoms with Crippen molar-refractivity contribution in [2.75, 3.05) is 5.32 Å². The third-order valence-electron chi connectivity index (χ3n) is 3.17. The van der Waals surface area contributed by atoms with E-state index in [1.165, 1.54) is 18.2 Å². The van der Waals surface area contributed by atoms with Crippen molar-refractivity contribution in [2.45, 2.75) is 13.8 Å². The maximum atomic E-state index is 12.2. The second kappa shape index (κ2) is 5.73. The number of carbonyl (C=O) groups excluding carboxylic acids is 1. The lowest BCUT2D eigenvalue weighted by Gasteiger charge is -2.12. The summed E-state index contributed by atoms with van der Waals surface area (Å²) in [6.07, 6.45) is 0. The largest absolute Gasteiger partial charge is 0.507 e. The number of hydrogen-bond acceptors (Lipinski definition) is 2. The maximum absolute atomic E-state index is 12.2. The standard InChI is InChI=1S/C15H13Cl2NO2/c1-8-9(2)13(5-4-12(8)17)18-15(20)11-7-10(16)3-6-14(11)19/h3-7,19H,1-2H3,(H,18,20). The third-order valence-corrected chi connectivity index (χ3v) is 3.82. The highest BCUT2D eigenvalue weighted by atomic mass is 35.5. The number of phenols is 1. The Labute approximate surface area is 127 Å². The summed E-state index contributed by atoms with van der Waals surface area (Å²) in [4.78, 5) is 12.2. The lowest BCUT2D eigenvalue weighted by Crippen LogP contribution is -2.13. The number of rotatable bonds is 2. The Balaban J connectivity index is 2.33. The van der Waals surface area contributed by atoms with Crippen molar-refractivity contribution in [1.29, 1.82) is 0 Å². The minimum atomic E-state index is -0.421. The Hall–Kier alpha value is -1.71. The van der Waals surface area contributed by atoms with Crippen LogP contribution in [0, 0.1) is 13.8 Å². The van der Waals surface area contributed by atoms with Crippen LogP contribution in [0.2, 0.25) is 10.0 Å². The first-order valence-electron chi connectivity index (χ1n) is 5.95. The van der Waals surface area contributed by atoms with E-state index in [-0.39, 0.29) is 11.3 Å². The molecule has 2 rings (SSSR count). The normalized spacial score (nSPS) is 10.4. The van der Waals surface area contributed by atoms with Crippen LogP contribution in [0.1, 0.15) is 21.5 Å². The Morgan fingerprint density at radius 2 is 1.80 bits per heavy atom. The Morgan fingerprint density at radius 1 is 1.10 bits per heavy atom. The molecule has 104 valence electrons. The monoisotopic (exact) mass is 309 g/mol. The molecule has 0 radical (unpaired) electrons. The number of nitrogens with one attached hydrogen (secondary N) is 1. The van der Waals surface area contributed by atoms with E-state index in [1.807, 2.05) is 13.8 Å². The molecule has 0 saturated heterocycles. The van der Waals surface area contributed by atoms with Gasteiger partial charge in [0.15, 0.2) is 0 Å². The molecule has 0 bridgehead atoms. The van der Waals surface area contributed by atoms with E-state index in [0.29, 0.717) is 15.7 Å². The SMILES string of the molecule is Cc1c(Cl)ccc(NC(=O)c2cc(Cl)ccc2O)c1C. The highest BCUT2D eigenvalue weighted by molar-refractivity contribution is 6.32. The van der Waals surface area contributed by atoms with Gasteiger partial charge in [-0.15, -0.1) is 0 Å². The summed E-state index contributed by atoms with van der Waals surface area (Å²) in [6.45, 7) is 3.75. The van der Waals surface area contributed by atoms with E-state index >= 15 is 0 Å². The van der Waals surface area contributed by atoms with Crippen LogP contribution in [0.15, 0.2) is 30.3 Å². The molecule has 20 heavy (non-hydrogen) atoms. The van der Waals surface area contributed by atoms with Gasteiger partial charge in [0.2, 0.25) is 0 Å². The molecule has 0 aromatic heterocycles. The average molecular weight is 310 g/mol. The first-order chi connectivity index (χ1) is 9.40. The average Bonchev–Trinajstić information content (AvgIpc) is 2.42. The summed E-state index contributed by atoms with van der Waals surface area (Å²) in [6, 6.07) is 7.77. The number of anilines is 1. The van der Waals surface area contributed by atoms with Crippen LogP contribution in [0.5, 0.6) is 5.75 Å². The van der Waals surface area contributed by atoms with Gasteiger partial charge in [-0.2, -0.15) is 0 Å². The number of hydrogen-bond donors (Lipinski definition) is 2. The zero-order chi connectivity index (χ0) is 14.9. The zero-order valence-corrected chi connectivity index (χ0v) is 12.5. The molecule has 2 aromatic rings. The van der Waals surface area contributed by atoms with Gasteiger partial charge in [-0.1, -0.05) is 23.2 Å². The van der Waals surface area contributed by atoms with Crippen molar-refractivity contribution in [3.05, 3.63) is 57.1 Å². The fourth-order valence-corrected chi connectivity index (χ4v) is 2.18. The van der Waals surface area contributed by atoms with E-state index < -0.39 is 5.91 Å². The molecular formula is C15H13Cl2NO2. The second-order valence-electron chi connectivity index (χ2n) is 4.46. The summed E-state index contributed by atoms with van der Waals surface area (Å²) in [5.41, 5.74) is 2.56.